The molecule has 0 aromatic carbocycles. The zero-order valence-electron chi connectivity index (χ0n) is 14.1. The molecule has 4 rings (SSSR count). The number of imidazole rings is 1. The van der Waals surface area contributed by atoms with Gasteiger partial charge >= 0.3 is 0 Å². The summed E-state index contributed by atoms with van der Waals surface area (Å²) in [5.41, 5.74) is 1.44. The van der Waals surface area contributed by atoms with Crippen LogP contribution in [-0.2, 0) is 23.0 Å². The normalized spacial score (nSPS) is 25.8. The van der Waals surface area contributed by atoms with Crippen LogP contribution in [0, 0.1) is 16.7 Å². The van der Waals surface area contributed by atoms with Crippen LogP contribution in [0.2, 0.25) is 0 Å². The molecular weight excluding hydrogens is 306 g/mol. The van der Waals surface area contributed by atoms with Gasteiger partial charge in [-0.15, -0.1) is 0 Å². The minimum absolute atomic E-state index is 0.000405. The van der Waals surface area contributed by atoms with Crippen molar-refractivity contribution >= 4 is 5.91 Å². The summed E-state index contributed by atoms with van der Waals surface area (Å²) in [5, 5.41) is 9.42. The number of hydrogen-bond donors (Lipinski definition) is 0. The zero-order chi connectivity index (χ0) is 16.7. The largest absolute Gasteiger partial charge is 0.379 e. The number of aryl methyl sites for hydroxylation is 1. The molecule has 1 saturated carbocycles. The Morgan fingerprint density at radius 1 is 1.42 bits per heavy atom. The molecule has 0 bridgehead atoms. The molecule has 2 fully saturated rings. The van der Waals surface area contributed by atoms with Gasteiger partial charge < -0.3 is 14.2 Å². The number of nitrogens with zero attached hydrogens (tertiary/aromatic N) is 5. The number of carbonyl (C=O) groups is 1. The molecule has 0 N–H and O–H groups in total. The number of ether oxygens (including phenoxy) is 1. The second kappa shape index (κ2) is 5.87. The van der Waals surface area contributed by atoms with E-state index in [0.29, 0.717) is 19.4 Å². The van der Waals surface area contributed by atoms with Gasteiger partial charge in [0.25, 0.3) is 0 Å². The third-order valence-corrected chi connectivity index (χ3v) is 5.54. The minimum Gasteiger partial charge on any atom is -0.379 e. The lowest BCUT2D eigenvalue weighted by molar-refractivity contribution is -0.138. The average molecular weight is 329 g/mol. The molecule has 1 atom stereocenters. The van der Waals surface area contributed by atoms with Crippen LogP contribution in [0.5, 0.6) is 0 Å². The minimum atomic E-state index is -0.768. The second-order valence-corrected chi connectivity index (χ2v) is 7.06. The predicted molar refractivity (Wildman–Crippen MR) is 85.9 cm³/mol. The number of nitriles is 1. The topological polar surface area (TPSA) is 74.4 Å². The maximum atomic E-state index is 13.0. The number of fused-ring (bicyclic) bond motifs is 1. The van der Waals surface area contributed by atoms with Crippen LogP contribution in [0.1, 0.15) is 30.3 Å². The highest BCUT2D eigenvalue weighted by molar-refractivity contribution is 5.88. The summed E-state index contributed by atoms with van der Waals surface area (Å²) in [6.45, 7) is 4.66. The maximum absolute atomic E-state index is 13.0. The summed E-state index contributed by atoms with van der Waals surface area (Å²) >= 11 is 0. The highest BCUT2D eigenvalue weighted by Gasteiger charge is 2.54. The molecule has 0 unspecified atom stereocenters. The number of aromatic nitrogens is 2. The summed E-state index contributed by atoms with van der Waals surface area (Å²) in [5.74, 6) is -0.000405. The van der Waals surface area contributed by atoms with E-state index in [0.717, 1.165) is 45.0 Å². The van der Waals surface area contributed by atoms with Crippen LogP contribution in [0.4, 0.5) is 0 Å². The van der Waals surface area contributed by atoms with Crippen LogP contribution in [0.15, 0.2) is 6.33 Å². The van der Waals surface area contributed by atoms with E-state index in [1.807, 2.05) is 18.3 Å². The smallest absolute Gasteiger partial charge is 0.243 e. The number of carbonyl (C=O) groups excluding carboxylic acids is 1. The molecule has 7 heteroatoms. The van der Waals surface area contributed by atoms with Crippen LogP contribution >= 0.6 is 0 Å². The second-order valence-electron chi connectivity index (χ2n) is 7.06. The fraction of sp³-hybridized carbons (Fsp3) is 0.706. The van der Waals surface area contributed by atoms with E-state index < -0.39 is 5.41 Å². The van der Waals surface area contributed by atoms with Crippen molar-refractivity contribution in [2.75, 3.05) is 39.4 Å². The van der Waals surface area contributed by atoms with E-state index in [4.69, 9.17) is 4.74 Å². The van der Waals surface area contributed by atoms with Crippen molar-refractivity contribution in [1.82, 2.24) is 19.4 Å². The van der Waals surface area contributed by atoms with Crippen molar-refractivity contribution in [3.63, 3.8) is 0 Å². The Morgan fingerprint density at radius 3 is 2.83 bits per heavy atom. The van der Waals surface area contributed by atoms with E-state index in [2.05, 4.69) is 20.5 Å². The van der Waals surface area contributed by atoms with Gasteiger partial charge in [-0.1, -0.05) is 0 Å². The van der Waals surface area contributed by atoms with Crippen LogP contribution in [0.3, 0.4) is 0 Å². The Balaban J connectivity index is 1.62. The number of rotatable bonds is 3. The summed E-state index contributed by atoms with van der Waals surface area (Å²) in [4.78, 5) is 21.9. The van der Waals surface area contributed by atoms with Crippen LogP contribution in [-0.4, -0.2) is 64.7 Å². The average Bonchev–Trinajstić information content (AvgIpc) is 3.33. The zero-order valence-corrected chi connectivity index (χ0v) is 14.1. The molecule has 24 heavy (non-hydrogen) atoms. The molecule has 0 spiro atoms. The van der Waals surface area contributed by atoms with Gasteiger partial charge in [-0.2, -0.15) is 5.26 Å². The van der Waals surface area contributed by atoms with Crippen molar-refractivity contribution in [2.24, 2.45) is 12.5 Å². The van der Waals surface area contributed by atoms with Crippen LogP contribution < -0.4 is 0 Å². The van der Waals surface area contributed by atoms with Gasteiger partial charge in [0.1, 0.15) is 5.41 Å². The van der Waals surface area contributed by atoms with Gasteiger partial charge in [-0.05, 0) is 12.8 Å². The van der Waals surface area contributed by atoms with Gasteiger partial charge in [0.2, 0.25) is 5.91 Å². The summed E-state index contributed by atoms with van der Waals surface area (Å²) in [7, 11) is 2.01. The lowest BCUT2D eigenvalue weighted by Crippen LogP contribution is -2.49. The first-order valence-electron chi connectivity index (χ1n) is 8.67. The highest BCUT2D eigenvalue weighted by atomic mass is 16.5. The first-order valence-corrected chi connectivity index (χ1v) is 8.67. The molecule has 1 aromatic rings. The van der Waals surface area contributed by atoms with Gasteiger partial charge in [-0.25, -0.2) is 4.98 Å². The van der Waals surface area contributed by atoms with E-state index in [1.54, 1.807) is 0 Å². The Hall–Kier alpha value is -1.91. The third kappa shape index (κ3) is 2.50. The number of morpholine rings is 1. The number of hydrogen-bond acceptors (Lipinski definition) is 5. The van der Waals surface area contributed by atoms with Gasteiger partial charge in [0.15, 0.2) is 0 Å². The standard InChI is InChI=1S/C17H23N5O2/c1-20-12-19-15-13(20)2-5-22(16(23)17(11-18)3-4-17)14(15)10-21-6-8-24-9-7-21/h12,14H,2-10H2,1H3/t14-/m1/s1. The number of amides is 1. The quantitative estimate of drug-likeness (QED) is 0.806. The molecule has 1 aromatic heterocycles. The van der Waals surface area contributed by atoms with Crippen LogP contribution in [0.25, 0.3) is 0 Å². The summed E-state index contributed by atoms with van der Waals surface area (Å²) in [6.07, 6.45) is 4.03. The monoisotopic (exact) mass is 329 g/mol. The van der Waals surface area contributed by atoms with Crippen molar-refractivity contribution < 1.29 is 9.53 Å². The Kier molecular flexibility index (Phi) is 3.82. The molecule has 1 amide bonds. The van der Waals surface area contributed by atoms with Gasteiger partial charge in [-0.3, -0.25) is 9.69 Å². The fourth-order valence-electron chi connectivity index (χ4n) is 3.82. The lowest BCUT2D eigenvalue weighted by Gasteiger charge is -2.40. The summed E-state index contributed by atoms with van der Waals surface area (Å²) in [6, 6.07) is 2.19. The maximum Gasteiger partial charge on any atom is 0.243 e. The highest BCUT2D eigenvalue weighted by Crippen LogP contribution is 2.48. The van der Waals surface area contributed by atoms with E-state index in [9.17, 15) is 10.1 Å². The van der Waals surface area contributed by atoms with E-state index >= 15 is 0 Å². The molecule has 7 nitrogen and oxygen atoms in total. The van der Waals surface area contributed by atoms with Crippen molar-refractivity contribution in [3.05, 3.63) is 17.7 Å². The van der Waals surface area contributed by atoms with Gasteiger partial charge in [0.05, 0.1) is 37.3 Å². The molecular formula is C17H23N5O2. The molecule has 3 aliphatic rings. The van der Waals surface area contributed by atoms with Crippen molar-refractivity contribution in [1.29, 1.82) is 5.26 Å². The molecule has 128 valence electrons. The molecule has 0 radical (unpaired) electrons. The third-order valence-electron chi connectivity index (χ3n) is 5.54. The molecule has 1 aliphatic carbocycles. The van der Waals surface area contributed by atoms with E-state index in [1.165, 1.54) is 5.69 Å². The Bertz CT molecular complexity index is 682. The Labute approximate surface area is 141 Å². The first kappa shape index (κ1) is 15.6. The molecule has 3 heterocycles. The summed E-state index contributed by atoms with van der Waals surface area (Å²) < 4.78 is 7.49. The van der Waals surface area contributed by atoms with Crippen molar-refractivity contribution in [2.45, 2.75) is 25.3 Å². The van der Waals surface area contributed by atoms with Gasteiger partial charge in [0, 0.05) is 45.3 Å². The van der Waals surface area contributed by atoms with Crippen molar-refractivity contribution in [3.8, 4) is 6.07 Å². The lowest BCUT2D eigenvalue weighted by atomic mass is 9.98. The fourth-order valence-corrected chi connectivity index (χ4v) is 3.82. The first-order chi connectivity index (χ1) is 11.6. The molecule has 2 aliphatic heterocycles. The SMILES string of the molecule is Cn1cnc2c1CCN(C(=O)C1(C#N)CC1)[C@@H]2CN1CCOCC1. The molecule has 1 saturated heterocycles. The van der Waals surface area contributed by atoms with E-state index in [-0.39, 0.29) is 11.9 Å². The Morgan fingerprint density at radius 2 is 2.17 bits per heavy atom. The predicted octanol–water partition coefficient (Wildman–Crippen LogP) is 0.482.